The highest BCUT2D eigenvalue weighted by atomic mass is 35.5. The highest BCUT2D eigenvalue weighted by molar-refractivity contribution is 7.99. The minimum atomic E-state index is -0.307. The van der Waals surface area contributed by atoms with Gasteiger partial charge in [0.1, 0.15) is 11.6 Å². The number of nitrogens with zero attached hydrogens (tertiary/aromatic N) is 1. The van der Waals surface area contributed by atoms with E-state index in [1.165, 1.54) is 11.8 Å². The van der Waals surface area contributed by atoms with Crippen molar-refractivity contribution < 1.29 is 13.7 Å². The van der Waals surface area contributed by atoms with E-state index >= 15 is 0 Å². The van der Waals surface area contributed by atoms with E-state index in [4.69, 9.17) is 4.52 Å². The second-order valence-corrected chi connectivity index (χ2v) is 6.82. The molecular weight excluding hydrogens is 365 g/mol. The van der Waals surface area contributed by atoms with Gasteiger partial charge in [0, 0.05) is 17.9 Å². The minimum absolute atomic E-state index is 0. The lowest BCUT2D eigenvalue weighted by atomic mass is 9.99. The fourth-order valence-corrected chi connectivity index (χ4v) is 3.75. The average molecular weight is 386 g/mol. The lowest BCUT2D eigenvalue weighted by Gasteiger charge is -2.19. The number of carbonyl (C=O) groups excluding carboxylic acids is 1. The number of aromatic nitrogens is 1. The third-order valence-corrected chi connectivity index (χ3v) is 5.10. The van der Waals surface area contributed by atoms with E-state index in [0.717, 1.165) is 29.1 Å². The average Bonchev–Trinajstić information content (AvgIpc) is 2.89. The fraction of sp³-hybridized carbons (Fsp3) is 0.412. The topological polar surface area (TPSA) is 67.2 Å². The zero-order chi connectivity index (χ0) is 17.1. The third-order valence-electron chi connectivity index (χ3n) is 4.14. The summed E-state index contributed by atoms with van der Waals surface area (Å²) in [5, 5.41) is 9.77. The van der Waals surface area contributed by atoms with Crippen LogP contribution in [0, 0.1) is 19.7 Å². The largest absolute Gasteiger partial charge is 0.361 e. The van der Waals surface area contributed by atoms with Crippen LogP contribution in [0.15, 0.2) is 16.7 Å². The Hall–Kier alpha value is -1.57. The molecule has 0 saturated carbocycles. The van der Waals surface area contributed by atoms with Gasteiger partial charge in [-0.25, -0.2) is 4.39 Å². The number of aryl methyl sites for hydroxylation is 2. The van der Waals surface area contributed by atoms with Gasteiger partial charge in [0.05, 0.1) is 17.1 Å². The maximum Gasteiger partial charge on any atom is 0.234 e. The van der Waals surface area contributed by atoms with Gasteiger partial charge in [-0.15, -0.1) is 24.2 Å². The Kier molecular flexibility index (Phi) is 6.87. The van der Waals surface area contributed by atoms with Gasteiger partial charge in [-0.2, -0.15) is 0 Å². The summed E-state index contributed by atoms with van der Waals surface area (Å²) in [6.07, 6.45) is 0.645. The second kappa shape index (κ2) is 8.69. The maximum absolute atomic E-state index is 14.5. The maximum atomic E-state index is 14.5. The van der Waals surface area contributed by atoms with Gasteiger partial charge in [0.25, 0.3) is 0 Å². The zero-order valence-electron chi connectivity index (χ0n) is 14.1. The summed E-state index contributed by atoms with van der Waals surface area (Å²) in [7, 11) is 0. The monoisotopic (exact) mass is 385 g/mol. The van der Waals surface area contributed by atoms with E-state index < -0.39 is 0 Å². The SMILES string of the molecule is Cc1noc(C)c1CSCC(=O)Nc1ccc2c(c1F)CCNC2.Cl. The molecule has 0 saturated heterocycles. The molecule has 0 unspecified atom stereocenters. The van der Waals surface area contributed by atoms with Crippen molar-refractivity contribution in [3.8, 4) is 0 Å². The van der Waals surface area contributed by atoms with Crippen LogP contribution in [-0.4, -0.2) is 23.4 Å². The molecule has 1 aliphatic heterocycles. The van der Waals surface area contributed by atoms with Crippen molar-refractivity contribution in [3.05, 3.63) is 46.1 Å². The Morgan fingerprint density at radius 2 is 2.24 bits per heavy atom. The molecule has 0 spiro atoms. The summed E-state index contributed by atoms with van der Waals surface area (Å²) in [5.41, 5.74) is 3.79. The molecule has 1 aliphatic rings. The van der Waals surface area contributed by atoms with Gasteiger partial charge in [0.15, 0.2) is 0 Å². The van der Waals surface area contributed by atoms with Crippen LogP contribution in [0.25, 0.3) is 0 Å². The Balaban J connectivity index is 0.00000225. The second-order valence-electron chi connectivity index (χ2n) is 5.84. The fourth-order valence-electron chi connectivity index (χ4n) is 2.77. The molecule has 0 aliphatic carbocycles. The van der Waals surface area contributed by atoms with Crippen LogP contribution < -0.4 is 10.6 Å². The molecule has 0 atom stereocenters. The molecule has 2 heterocycles. The molecule has 25 heavy (non-hydrogen) atoms. The Labute approximate surface area is 156 Å². The summed E-state index contributed by atoms with van der Waals surface area (Å²) in [5.74, 6) is 1.15. The summed E-state index contributed by atoms with van der Waals surface area (Å²) in [6.45, 7) is 5.17. The molecule has 0 fully saturated rings. The van der Waals surface area contributed by atoms with Gasteiger partial charge >= 0.3 is 0 Å². The quantitative estimate of drug-likeness (QED) is 0.826. The van der Waals surface area contributed by atoms with Gasteiger partial charge in [0.2, 0.25) is 5.91 Å². The molecule has 1 aromatic heterocycles. The van der Waals surface area contributed by atoms with Crippen LogP contribution in [0.4, 0.5) is 10.1 Å². The normalized spacial score (nSPS) is 13.1. The van der Waals surface area contributed by atoms with E-state index in [1.54, 1.807) is 6.07 Å². The smallest absolute Gasteiger partial charge is 0.234 e. The van der Waals surface area contributed by atoms with Crippen molar-refractivity contribution in [2.45, 2.75) is 32.6 Å². The van der Waals surface area contributed by atoms with Crippen molar-refractivity contribution in [1.82, 2.24) is 10.5 Å². The van der Waals surface area contributed by atoms with Crippen LogP contribution in [0.1, 0.15) is 28.1 Å². The molecule has 0 bridgehead atoms. The van der Waals surface area contributed by atoms with E-state index in [2.05, 4.69) is 15.8 Å². The molecule has 8 heteroatoms. The molecule has 1 amide bonds. The predicted octanol–water partition coefficient (Wildman–Crippen LogP) is 3.37. The number of benzene rings is 1. The first-order valence-corrected chi connectivity index (χ1v) is 9.02. The van der Waals surface area contributed by atoms with E-state index in [1.807, 2.05) is 19.9 Å². The van der Waals surface area contributed by atoms with Gasteiger partial charge < -0.3 is 15.2 Å². The molecule has 2 N–H and O–H groups in total. The van der Waals surface area contributed by atoms with Crippen LogP contribution >= 0.6 is 24.2 Å². The molecule has 2 aromatic rings. The lowest BCUT2D eigenvalue weighted by Crippen LogP contribution is -2.25. The summed E-state index contributed by atoms with van der Waals surface area (Å²) in [4.78, 5) is 12.1. The Morgan fingerprint density at radius 1 is 1.44 bits per heavy atom. The summed E-state index contributed by atoms with van der Waals surface area (Å²) >= 11 is 1.46. The predicted molar refractivity (Wildman–Crippen MR) is 99.8 cm³/mol. The number of anilines is 1. The zero-order valence-corrected chi connectivity index (χ0v) is 15.8. The third kappa shape index (κ3) is 4.54. The van der Waals surface area contributed by atoms with Crippen LogP contribution in [-0.2, 0) is 23.5 Å². The van der Waals surface area contributed by atoms with E-state index in [9.17, 15) is 9.18 Å². The number of hydrogen-bond donors (Lipinski definition) is 2. The number of thioether (sulfide) groups is 1. The molecule has 3 rings (SSSR count). The van der Waals surface area contributed by atoms with E-state index in [0.29, 0.717) is 24.3 Å². The van der Waals surface area contributed by atoms with E-state index in [-0.39, 0.29) is 35.6 Å². The summed E-state index contributed by atoms with van der Waals surface area (Å²) in [6, 6.07) is 3.51. The molecule has 1 aromatic carbocycles. The number of rotatable bonds is 5. The standard InChI is InChI=1S/C17H20FN3O2S.ClH/c1-10-14(11(2)23-21-10)8-24-9-16(22)20-15-4-3-12-7-19-6-5-13(12)17(15)18;/h3-4,19H,5-9H2,1-2H3,(H,20,22);1H. The number of hydrogen-bond acceptors (Lipinski definition) is 5. The molecule has 5 nitrogen and oxygen atoms in total. The van der Waals surface area contributed by atoms with Crippen molar-refractivity contribution >= 4 is 35.8 Å². The molecule has 0 radical (unpaired) electrons. The van der Waals surface area contributed by atoms with Crippen LogP contribution in [0.2, 0.25) is 0 Å². The van der Waals surface area contributed by atoms with Crippen molar-refractivity contribution in [2.75, 3.05) is 17.6 Å². The van der Waals surface area contributed by atoms with Gasteiger partial charge in [-0.05, 0) is 44.0 Å². The molecular formula is C17H21ClFN3O2S. The van der Waals surface area contributed by atoms with Crippen molar-refractivity contribution in [3.63, 3.8) is 0 Å². The highest BCUT2D eigenvalue weighted by Gasteiger charge is 2.17. The molecule has 136 valence electrons. The van der Waals surface area contributed by atoms with Gasteiger partial charge in [-0.1, -0.05) is 11.2 Å². The Morgan fingerprint density at radius 3 is 2.96 bits per heavy atom. The van der Waals surface area contributed by atoms with Crippen LogP contribution in [0.3, 0.4) is 0 Å². The van der Waals surface area contributed by atoms with Crippen molar-refractivity contribution in [1.29, 1.82) is 0 Å². The number of fused-ring (bicyclic) bond motifs is 1. The van der Waals surface area contributed by atoms with Crippen molar-refractivity contribution in [2.24, 2.45) is 0 Å². The number of nitrogens with one attached hydrogen (secondary N) is 2. The highest BCUT2D eigenvalue weighted by Crippen LogP contribution is 2.25. The number of carbonyl (C=O) groups is 1. The first-order valence-electron chi connectivity index (χ1n) is 7.86. The van der Waals surface area contributed by atoms with Gasteiger partial charge in [-0.3, -0.25) is 4.79 Å². The summed E-state index contributed by atoms with van der Waals surface area (Å²) < 4.78 is 19.6. The number of halogens is 2. The first kappa shape index (κ1) is 19.8. The lowest BCUT2D eigenvalue weighted by molar-refractivity contribution is -0.113. The first-order chi connectivity index (χ1) is 11.6. The number of amides is 1. The Bertz CT molecular complexity index is 747. The van der Waals surface area contributed by atoms with Crippen LogP contribution in [0.5, 0.6) is 0 Å². The minimum Gasteiger partial charge on any atom is -0.361 e.